The summed E-state index contributed by atoms with van der Waals surface area (Å²) in [5.41, 5.74) is 0.139. The molecule has 0 aliphatic carbocycles. The number of anilines is 3. The van der Waals surface area contributed by atoms with E-state index in [0.29, 0.717) is 11.1 Å². The summed E-state index contributed by atoms with van der Waals surface area (Å²) >= 11 is 3.21. The first kappa shape index (κ1) is 33.2. The average Bonchev–Trinajstić information content (AvgIpc) is 3.73. The van der Waals surface area contributed by atoms with Gasteiger partial charge < -0.3 is 9.08 Å². The van der Waals surface area contributed by atoms with Gasteiger partial charge in [0.15, 0.2) is 0 Å². The molecular formula is C43H26F3NO3S3. The zero-order valence-corrected chi connectivity index (χ0v) is 30.0. The Hall–Kier alpha value is -5.68. The van der Waals surface area contributed by atoms with E-state index in [9.17, 15) is 21.6 Å². The van der Waals surface area contributed by atoms with Gasteiger partial charge in [0, 0.05) is 53.1 Å². The van der Waals surface area contributed by atoms with E-state index in [1.165, 1.54) is 38.3 Å². The predicted molar refractivity (Wildman–Crippen MR) is 213 cm³/mol. The monoisotopic (exact) mass is 757 g/mol. The van der Waals surface area contributed by atoms with Crippen LogP contribution in [0, 0.1) is 0 Å². The highest BCUT2D eigenvalue weighted by Crippen LogP contribution is 2.48. The Morgan fingerprint density at radius 1 is 0.491 bits per heavy atom. The molecule has 4 nitrogen and oxygen atoms in total. The second-order valence-corrected chi connectivity index (χ2v) is 16.2. The standard InChI is InChI=1S/C43H26F3NO3S3/c44-43(45,46)53(48,49)50-33-25-37-36-24-30(29-18-20-40-35(23-29)34-16-7-8-17-39(34)51-40)19-21-41(36)52-42(37)38(26-33)47(31-13-5-2-6-14-31)32-15-9-12-28(22-32)27-10-3-1-4-11-27/h1-26H. The third kappa shape index (κ3) is 5.98. The van der Waals surface area contributed by atoms with Crippen molar-refractivity contribution in [2.45, 2.75) is 5.51 Å². The highest BCUT2D eigenvalue weighted by Gasteiger charge is 2.48. The van der Waals surface area contributed by atoms with E-state index in [1.807, 2.05) is 120 Å². The minimum Gasteiger partial charge on any atom is -0.376 e. The maximum absolute atomic E-state index is 13.7. The molecule has 0 atom stereocenters. The van der Waals surface area contributed by atoms with Crippen LogP contribution >= 0.6 is 22.7 Å². The summed E-state index contributed by atoms with van der Waals surface area (Å²) in [7, 11) is -5.97. The molecule has 0 aliphatic heterocycles. The van der Waals surface area contributed by atoms with Crippen LogP contribution in [0.2, 0.25) is 0 Å². The molecular weight excluding hydrogens is 732 g/mol. The first-order chi connectivity index (χ1) is 25.6. The average molecular weight is 758 g/mol. The Kier molecular flexibility index (Phi) is 7.99. The van der Waals surface area contributed by atoms with E-state index < -0.39 is 21.4 Å². The predicted octanol–water partition coefficient (Wildman–Crippen LogP) is 13.5. The SMILES string of the molecule is O=S(=O)(Oc1cc(N(c2ccccc2)c2cccc(-c3ccccc3)c2)c2sc3ccc(-c4ccc5sc6ccccc6c5c4)cc3c2c1)C(F)(F)F. The van der Waals surface area contributed by atoms with Crippen LogP contribution in [0.15, 0.2) is 158 Å². The Balaban J connectivity index is 1.28. The number of alkyl halides is 3. The van der Waals surface area contributed by atoms with Crippen LogP contribution in [0.1, 0.15) is 0 Å². The second kappa shape index (κ2) is 12.8. The van der Waals surface area contributed by atoms with Crippen molar-refractivity contribution >= 4 is 90.2 Å². The van der Waals surface area contributed by atoms with E-state index in [-0.39, 0.29) is 0 Å². The highest BCUT2D eigenvalue weighted by molar-refractivity contribution is 7.88. The Bertz CT molecular complexity index is 2940. The highest BCUT2D eigenvalue weighted by atomic mass is 32.2. The van der Waals surface area contributed by atoms with E-state index in [2.05, 4.69) is 30.3 Å². The number of fused-ring (bicyclic) bond motifs is 6. The first-order valence-electron chi connectivity index (χ1n) is 16.6. The number of thiophene rings is 2. The number of benzene rings is 7. The quantitative estimate of drug-likeness (QED) is 0.120. The minimum absolute atomic E-state index is 0.443. The molecule has 0 saturated carbocycles. The number of halogens is 3. The minimum atomic E-state index is -5.97. The van der Waals surface area contributed by atoms with Crippen LogP contribution in [-0.2, 0) is 10.1 Å². The molecule has 0 radical (unpaired) electrons. The molecule has 0 fully saturated rings. The summed E-state index contributed by atoms with van der Waals surface area (Å²) in [5.74, 6) is -0.443. The molecule has 0 amide bonds. The fourth-order valence-corrected chi connectivity index (χ4v) is 9.47. The fraction of sp³-hybridized carbons (Fsp3) is 0.0233. The van der Waals surface area contributed by atoms with Gasteiger partial charge in [-0.25, -0.2) is 0 Å². The van der Waals surface area contributed by atoms with Gasteiger partial charge in [0.1, 0.15) is 5.75 Å². The summed E-state index contributed by atoms with van der Waals surface area (Å²) in [6, 6.07) is 50.5. The van der Waals surface area contributed by atoms with Crippen LogP contribution in [0.25, 0.3) is 62.6 Å². The molecule has 0 saturated heterocycles. The van der Waals surface area contributed by atoms with Gasteiger partial charge in [-0.15, -0.1) is 22.7 Å². The fourth-order valence-electron chi connectivity index (χ4n) is 6.77. The van der Waals surface area contributed by atoms with Crippen LogP contribution < -0.4 is 9.08 Å². The lowest BCUT2D eigenvalue weighted by atomic mass is 10.0. The zero-order valence-electron chi connectivity index (χ0n) is 27.5. The summed E-state index contributed by atoms with van der Waals surface area (Å²) < 4.78 is 74.9. The molecule has 0 spiro atoms. The van der Waals surface area contributed by atoms with Crippen LogP contribution in [0.4, 0.5) is 30.2 Å². The van der Waals surface area contributed by atoms with E-state index in [0.717, 1.165) is 53.8 Å². The van der Waals surface area contributed by atoms with Gasteiger partial charge in [-0.2, -0.15) is 21.6 Å². The van der Waals surface area contributed by atoms with Crippen molar-refractivity contribution in [1.82, 2.24) is 0 Å². The van der Waals surface area contributed by atoms with E-state index >= 15 is 0 Å². The van der Waals surface area contributed by atoms with Gasteiger partial charge in [0.2, 0.25) is 0 Å². The maximum Gasteiger partial charge on any atom is 0.534 e. The van der Waals surface area contributed by atoms with Crippen molar-refractivity contribution in [3.05, 3.63) is 158 Å². The summed E-state index contributed by atoms with van der Waals surface area (Å²) in [5, 5.41) is 3.65. The summed E-state index contributed by atoms with van der Waals surface area (Å²) in [4.78, 5) is 1.92. The molecule has 7 aromatic carbocycles. The van der Waals surface area contributed by atoms with Crippen molar-refractivity contribution in [2.75, 3.05) is 4.90 Å². The lowest BCUT2D eigenvalue weighted by Crippen LogP contribution is -2.28. The molecule has 0 bridgehead atoms. The largest absolute Gasteiger partial charge is 0.534 e. The molecule has 0 N–H and O–H groups in total. The maximum atomic E-state index is 13.7. The first-order valence-corrected chi connectivity index (χ1v) is 19.6. The number of hydrogen-bond acceptors (Lipinski definition) is 6. The zero-order chi connectivity index (χ0) is 36.3. The van der Waals surface area contributed by atoms with Gasteiger partial charge in [-0.05, 0) is 82.9 Å². The number of para-hydroxylation sites is 1. The second-order valence-electron chi connectivity index (χ2n) is 12.5. The molecule has 260 valence electrons. The third-order valence-corrected chi connectivity index (χ3v) is 12.5. The van der Waals surface area contributed by atoms with Gasteiger partial charge in [-0.1, -0.05) is 91.0 Å². The molecule has 53 heavy (non-hydrogen) atoms. The molecule has 2 heterocycles. The van der Waals surface area contributed by atoms with Gasteiger partial charge >= 0.3 is 15.6 Å². The van der Waals surface area contributed by atoms with Crippen molar-refractivity contribution in [3.8, 4) is 28.0 Å². The molecule has 2 aromatic heterocycles. The molecule has 0 aliphatic rings. The Morgan fingerprint density at radius 2 is 1.06 bits per heavy atom. The Morgan fingerprint density at radius 3 is 1.77 bits per heavy atom. The van der Waals surface area contributed by atoms with Crippen molar-refractivity contribution in [2.24, 2.45) is 0 Å². The molecule has 9 aromatic rings. The van der Waals surface area contributed by atoms with Crippen LogP contribution in [0.5, 0.6) is 5.75 Å². The topological polar surface area (TPSA) is 46.6 Å². The van der Waals surface area contributed by atoms with Crippen molar-refractivity contribution in [3.63, 3.8) is 0 Å². The number of hydrogen-bond donors (Lipinski definition) is 0. The Labute approximate surface area is 310 Å². The van der Waals surface area contributed by atoms with Gasteiger partial charge in [0.25, 0.3) is 0 Å². The molecule has 10 heteroatoms. The summed E-state index contributed by atoms with van der Waals surface area (Å²) in [6.07, 6.45) is 0. The summed E-state index contributed by atoms with van der Waals surface area (Å²) in [6.45, 7) is 0. The number of rotatable bonds is 7. The van der Waals surface area contributed by atoms with Crippen molar-refractivity contribution < 1.29 is 25.8 Å². The van der Waals surface area contributed by atoms with Crippen molar-refractivity contribution in [1.29, 1.82) is 0 Å². The van der Waals surface area contributed by atoms with Gasteiger partial charge in [-0.3, -0.25) is 0 Å². The van der Waals surface area contributed by atoms with E-state index in [1.54, 1.807) is 11.3 Å². The van der Waals surface area contributed by atoms with E-state index in [4.69, 9.17) is 4.18 Å². The molecule has 0 unspecified atom stereocenters. The van der Waals surface area contributed by atoms with Crippen LogP contribution in [-0.4, -0.2) is 13.9 Å². The smallest absolute Gasteiger partial charge is 0.376 e. The molecule has 9 rings (SSSR count). The number of nitrogens with zero attached hydrogens (tertiary/aromatic N) is 1. The lowest BCUT2D eigenvalue weighted by molar-refractivity contribution is -0.0500. The van der Waals surface area contributed by atoms with Crippen LogP contribution in [0.3, 0.4) is 0 Å². The normalized spacial score (nSPS) is 12.2. The lowest BCUT2D eigenvalue weighted by Gasteiger charge is -2.27. The van der Waals surface area contributed by atoms with Gasteiger partial charge in [0.05, 0.1) is 10.4 Å². The third-order valence-electron chi connectivity index (χ3n) is 9.19.